The zero-order chi connectivity index (χ0) is 23.8. The SMILES string of the molecule is Cc1cc(C2C(c3ccccn3)NC(=S)N2c2ccc(C(C)C)cc2)c(C)n1C1CCCCC1. The molecule has 0 radical (unpaired) electrons. The second kappa shape index (κ2) is 9.53. The summed E-state index contributed by atoms with van der Waals surface area (Å²) in [4.78, 5) is 7.04. The van der Waals surface area contributed by atoms with Crippen molar-refractivity contribution in [3.63, 3.8) is 0 Å². The van der Waals surface area contributed by atoms with Crippen molar-refractivity contribution in [3.05, 3.63) is 82.9 Å². The summed E-state index contributed by atoms with van der Waals surface area (Å²) in [7, 11) is 0. The van der Waals surface area contributed by atoms with Gasteiger partial charge in [-0.05, 0) is 86.3 Å². The number of anilines is 1. The van der Waals surface area contributed by atoms with Crippen molar-refractivity contribution in [1.82, 2.24) is 14.9 Å². The predicted octanol–water partition coefficient (Wildman–Crippen LogP) is 7.31. The lowest BCUT2D eigenvalue weighted by Gasteiger charge is -2.30. The third-order valence-corrected chi connectivity index (χ3v) is 8.03. The summed E-state index contributed by atoms with van der Waals surface area (Å²) < 4.78 is 2.60. The Morgan fingerprint density at radius 1 is 1.00 bits per heavy atom. The first-order valence-electron chi connectivity index (χ1n) is 12.7. The van der Waals surface area contributed by atoms with E-state index in [1.54, 1.807) is 0 Å². The van der Waals surface area contributed by atoms with Gasteiger partial charge in [0.2, 0.25) is 0 Å². The molecule has 1 aliphatic heterocycles. The Hall–Kier alpha value is -2.66. The van der Waals surface area contributed by atoms with Crippen LogP contribution < -0.4 is 10.2 Å². The maximum Gasteiger partial charge on any atom is 0.174 e. The van der Waals surface area contributed by atoms with Gasteiger partial charge in [0.15, 0.2) is 5.11 Å². The Morgan fingerprint density at radius 2 is 1.74 bits per heavy atom. The molecule has 0 bridgehead atoms. The summed E-state index contributed by atoms with van der Waals surface area (Å²) in [6, 6.07) is 18.1. The molecule has 1 N–H and O–H groups in total. The highest BCUT2D eigenvalue weighted by Crippen LogP contribution is 2.44. The molecule has 1 aromatic carbocycles. The topological polar surface area (TPSA) is 33.1 Å². The Morgan fingerprint density at radius 3 is 2.38 bits per heavy atom. The molecule has 2 fully saturated rings. The minimum Gasteiger partial charge on any atom is -0.351 e. The lowest BCUT2D eigenvalue weighted by molar-refractivity contribution is 0.345. The van der Waals surface area contributed by atoms with Crippen LogP contribution in [0.25, 0.3) is 0 Å². The zero-order valence-electron chi connectivity index (χ0n) is 20.8. The number of hydrogen-bond acceptors (Lipinski definition) is 2. The van der Waals surface area contributed by atoms with Crippen LogP contribution in [0.1, 0.15) is 98.2 Å². The quantitative estimate of drug-likeness (QED) is 0.395. The van der Waals surface area contributed by atoms with Crippen LogP contribution in [-0.4, -0.2) is 14.7 Å². The van der Waals surface area contributed by atoms with Gasteiger partial charge >= 0.3 is 0 Å². The van der Waals surface area contributed by atoms with E-state index in [1.165, 1.54) is 54.6 Å². The van der Waals surface area contributed by atoms with Gasteiger partial charge in [0.25, 0.3) is 0 Å². The van der Waals surface area contributed by atoms with E-state index in [2.05, 4.69) is 84.9 Å². The molecule has 34 heavy (non-hydrogen) atoms. The first-order chi connectivity index (χ1) is 16.5. The van der Waals surface area contributed by atoms with Crippen LogP contribution >= 0.6 is 12.2 Å². The van der Waals surface area contributed by atoms with E-state index in [4.69, 9.17) is 17.2 Å². The minimum atomic E-state index is -0.00113. The van der Waals surface area contributed by atoms with E-state index >= 15 is 0 Å². The molecule has 0 amide bonds. The number of pyridine rings is 1. The van der Waals surface area contributed by atoms with E-state index in [0.29, 0.717) is 12.0 Å². The largest absolute Gasteiger partial charge is 0.351 e. The lowest BCUT2D eigenvalue weighted by atomic mass is 9.94. The third kappa shape index (κ3) is 4.15. The molecule has 2 unspecified atom stereocenters. The number of rotatable bonds is 5. The van der Waals surface area contributed by atoms with Gasteiger partial charge in [-0.1, -0.05) is 51.3 Å². The number of aromatic nitrogens is 2. The molecular weight excluding hydrogens is 436 g/mol. The van der Waals surface area contributed by atoms with Gasteiger partial charge in [0, 0.05) is 29.3 Å². The van der Waals surface area contributed by atoms with Gasteiger partial charge in [-0.3, -0.25) is 4.98 Å². The van der Waals surface area contributed by atoms with Crippen LogP contribution in [0.15, 0.2) is 54.7 Å². The molecular formula is C29H36N4S. The summed E-state index contributed by atoms with van der Waals surface area (Å²) in [5.74, 6) is 0.504. The molecule has 4 nitrogen and oxygen atoms in total. The van der Waals surface area contributed by atoms with Crippen molar-refractivity contribution in [2.24, 2.45) is 0 Å². The van der Waals surface area contributed by atoms with E-state index in [-0.39, 0.29) is 12.1 Å². The zero-order valence-corrected chi connectivity index (χ0v) is 21.6. The molecule has 178 valence electrons. The molecule has 1 aliphatic carbocycles. The van der Waals surface area contributed by atoms with Crippen molar-refractivity contribution in [3.8, 4) is 0 Å². The smallest absolute Gasteiger partial charge is 0.174 e. The van der Waals surface area contributed by atoms with Crippen LogP contribution in [0.2, 0.25) is 0 Å². The Bertz CT molecular complexity index is 1140. The van der Waals surface area contributed by atoms with Crippen molar-refractivity contribution < 1.29 is 0 Å². The number of nitrogens with one attached hydrogen (secondary N) is 1. The van der Waals surface area contributed by atoms with Gasteiger partial charge in [0.05, 0.1) is 17.8 Å². The van der Waals surface area contributed by atoms with Crippen molar-refractivity contribution >= 4 is 23.0 Å². The fourth-order valence-electron chi connectivity index (χ4n) is 5.97. The molecule has 2 aliphatic rings. The van der Waals surface area contributed by atoms with E-state index < -0.39 is 0 Å². The van der Waals surface area contributed by atoms with Gasteiger partial charge in [0.1, 0.15) is 0 Å². The van der Waals surface area contributed by atoms with E-state index in [0.717, 1.165) is 16.5 Å². The summed E-state index contributed by atoms with van der Waals surface area (Å²) in [5, 5.41) is 4.39. The first-order valence-corrected chi connectivity index (χ1v) is 13.2. The first kappa shape index (κ1) is 23.1. The summed E-state index contributed by atoms with van der Waals surface area (Å²) in [5.41, 5.74) is 7.57. The molecule has 3 heterocycles. The lowest BCUT2D eigenvalue weighted by Crippen LogP contribution is -2.29. The second-order valence-corrected chi connectivity index (χ2v) is 10.6. The normalized spacial score (nSPS) is 21.3. The molecule has 0 spiro atoms. The van der Waals surface area contributed by atoms with Crippen molar-refractivity contribution in [1.29, 1.82) is 0 Å². The maximum atomic E-state index is 5.95. The van der Waals surface area contributed by atoms with Crippen LogP contribution in [0, 0.1) is 13.8 Å². The predicted molar refractivity (Wildman–Crippen MR) is 144 cm³/mol. The van der Waals surface area contributed by atoms with Gasteiger partial charge < -0.3 is 14.8 Å². The number of aryl methyl sites for hydroxylation is 1. The Labute approximate surface area is 209 Å². The summed E-state index contributed by atoms with van der Waals surface area (Å²) in [6.07, 6.45) is 8.46. The number of thiocarbonyl (C=S) groups is 1. The average Bonchev–Trinajstić information content (AvgIpc) is 3.35. The van der Waals surface area contributed by atoms with Crippen LogP contribution in [0.4, 0.5) is 5.69 Å². The maximum absolute atomic E-state index is 5.95. The van der Waals surface area contributed by atoms with Crippen molar-refractivity contribution in [2.75, 3.05) is 4.90 Å². The molecule has 3 aromatic rings. The van der Waals surface area contributed by atoms with E-state index in [9.17, 15) is 0 Å². The minimum absolute atomic E-state index is 0.00113. The molecule has 5 heteroatoms. The van der Waals surface area contributed by atoms with Gasteiger partial charge in [-0.15, -0.1) is 0 Å². The fraction of sp³-hybridized carbons (Fsp3) is 0.448. The Kier molecular flexibility index (Phi) is 6.48. The van der Waals surface area contributed by atoms with Crippen LogP contribution in [0.5, 0.6) is 0 Å². The van der Waals surface area contributed by atoms with Gasteiger partial charge in [-0.25, -0.2) is 0 Å². The van der Waals surface area contributed by atoms with Crippen LogP contribution in [0.3, 0.4) is 0 Å². The average molecular weight is 473 g/mol. The number of hydrogen-bond donors (Lipinski definition) is 1. The van der Waals surface area contributed by atoms with Gasteiger partial charge in [-0.2, -0.15) is 0 Å². The molecule has 1 saturated carbocycles. The monoisotopic (exact) mass is 472 g/mol. The van der Waals surface area contributed by atoms with E-state index in [1.807, 2.05) is 12.3 Å². The highest BCUT2D eigenvalue weighted by molar-refractivity contribution is 7.80. The summed E-state index contributed by atoms with van der Waals surface area (Å²) in [6.45, 7) is 9.03. The second-order valence-electron chi connectivity index (χ2n) is 10.2. The molecule has 2 atom stereocenters. The summed E-state index contributed by atoms with van der Waals surface area (Å²) >= 11 is 5.95. The standard InChI is InChI=1S/C29H36N4S/c1-19(2)22-13-15-24(16-14-22)33-28(27(31-29(33)34)26-12-8-9-17-30-26)25-18-20(3)32(21(25)4)23-10-6-5-7-11-23/h8-9,12-19,23,27-28H,5-7,10-11H2,1-4H3,(H,31,34). The number of nitrogens with zero attached hydrogens (tertiary/aromatic N) is 3. The van der Waals surface area contributed by atoms with Crippen LogP contribution in [-0.2, 0) is 0 Å². The van der Waals surface area contributed by atoms with Crippen molar-refractivity contribution in [2.45, 2.75) is 83.8 Å². The molecule has 2 aromatic heterocycles. The highest BCUT2D eigenvalue weighted by Gasteiger charge is 2.42. The number of benzene rings is 1. The fourth-order valence-corrected chi connectivity index (χ4v) is 6.32. The third-order valence-electron chi connectivity index (χ3n) is 7.72. The molecule has 1 saturated heterocycles. The Balaban J connectivity index is 1.61. The molecule has 5 rings (SSSR count). The highest BCUT2D eigenvalue weighted by atomic mass is 32.1.